The maximum atomic E-state index is 12.6. The van der Waals surface area contributed by atoms with Crippen LogP contribution in [0.25, 0.3) is 11.5 Å². The fourth-order valence-corrected chi connectivity index (χ4v) is 2.91. The van der Waals surface area contributed by atoms with Crippen molar-refractivity contribution in [2.24, 2.45) is 0 Å². The van der Waals surface area contributed by atoms with Crippen LogP contribution in [0, 0.1) is 0 Å². The number of hydrogen-bond acceptors (Lipinski definition) is 4. The Morgan fingerprint density at radius 2 is 1.69 bits per heavy atom. The average molecular weight is 426 g/mol. The molecule has 3 aromatic rings. The van der Waals surface area contributed by atoms with Gasteiger partial charge in [-0.25, -0.2) is 0 Å². The molecule has 0 saturated heterocycles. The molecule has 0 spiro atoms. The Morgan fingerprint density at radius 3 is 2.35 bits per heavy atom. The van der Waals surface area contributed by atoms with Crippen LogP contribution in [0.5, 0.6) is 0 Å². The first-order chi connectivity index (χ1) is 12.3. The van der Waals surface area contributed by atoms with Crippen molar-refractivity contribution in [1.29, 1.82) is 0 Å². The molecule has 0 amide bonds. The third kappa shape index (κ3) is 4.50. The van der Waals surface area contributed by atoms with Crippen LogP contribution in [0.2, 0.25) is 0 Å². The van der Waals surface area contributed by atoms with Crippen molar-refractivity contribution in [3.05, 3.63) is 70.0 Å². The Balaban J connectivity index is 1.64. The molecule has 0 unspecified atom stereocenters. The van der Waals surface area contributed by atoms with Gasteiger partial charge < -0.3 is 4.42 Å². The first-order valence-electron chi connectivity index (χ1n) is 7.75. The highest BCUT2D eigenvalue weighted by molar-refractivity contribution is 9.10. The summed E-state index contributed by atoms with van der Waals surface area (Å²) in [6.07, 6.45) is -4.32. The molecule has 1 aromatic heterocycles. The highest BCUT2D eigenvalue weighted by atomic mass is 79.9. The molecule has 2 aromatic carbocycles. The quantitative estimate of drug-likeness (QED) is 0.566. The van der Waals surface area contributed by atoms with Gasteiger partial charge in [-0.2, -0.15) is 13.2 Å². The van der Waals surface area contributed by atoms with Crippen LogP contribution in [-0.4, -0.2) is 22.1 Å². The molecule has 0 N–H and O–H groups in total. The van der Waals surface area contributed by atoms with Gasteiger partial charge in [0.2, 0.25) is 11.8 Å². The normalized spacial score (nSPS) is 11.9. The molecule has 0 fully saturated rings. The predicted molar refractivity (Wildman–Crippen MR) is 94.0 cm³/mol. The fourth-order valence-electron chi connectivity index (χ4n) is 2.46. The summed E-state index contributed by atoms with van der Waals surface area (Å²) in [6.45, 7) is 0.851. The lowest BCUT2D eigenvalue weighted by Crippen LogP contribution is -2.17. The molecular formula is C18H15BrF3N3O. The Hall–Kier alpha value is -2.19. The van der Waals surface area contributed by atoms with Gasteiger partial charge in [-0.05, 0) is 52.8 Å². The molecule has 0 aliphatic carbocycles. The zero-order valence-corrected chi connectivity index (χ0v) is 15.4. The van der Waals surface area contributed by atoms with Crippen LogP contribution in [0.1, 0.15) is 17.0 Å². The Kier molecular flexibility index (Phi) is 5.43. The number of halogens is 4. The third-order valence-corrected chi connectivity index (χ3v) is 4.40. The van der Waals surface area contributed by atoms with Crippen LogP contribution in [0.3, 0.4) is 0 Å². The molecule has 0 bridgehead atoms. The van der Waals surface area contributed by atoms with Crippen molar-refractivity contribution in [3.8, 4) is 11.5 Å². The minimum atomic E-state index is -4.32. The van der Waals surface area contributed by atoms with Gasteiger partial charge in [0.1, 0.15) is 0 Å². The topological polar surface area (TPSA) is 42.2 Å². The van der Waals surface area contributed by atoms with Crippen molar-refractivity contribution in [1.82, 2.24) is 15.1 Å². The molecular weight excluding hydrogens is 411 g/mol. The lowest BCUT2D eigenvalue weighted by atomic mass is 10.1. The largest absolute Gasteiger partial charge is 0.419 e. The van der Waals surface area contributed by atoms with Gasteiger partial charge in [-0.15, -0.1) is 10.2 Å². The number of nitrogens with zero attached hydrogens (tertiary/aromatic N) is 3. The van der Waals surface area contributed by atoms with Crippen LogP contribution in [0.4, 0.5) is 13.2 Å². The zero-order valence-electron chi connectivity index (χ0n) is 13.8. The summed E-state index contributed by atoms with van der Waals surface area (Å²) in [6, 6.07) is 12.6. The Labute approximate surface area is 156 Å². The van der Waals surface area contributed by atoms with Crippen molar-refractivity contribution >= 4 is 15.9 Å². The number of rotatable bonds is 5. The summed E-state index contributed by atoms with van der Waals surface area (Å²) in [5.41, 5.74) is 0.918. The molecule has 136 valence electrons. The smallest absolute Gasteiger partial charge is 0.416 e. The van der Waals surface area contributed by atoms with E-state index in [4.69, 9.17) is 4.42 Å². The van der Waals surface area contributed by atoms with Gasteiger partial charge in [0.25, 0.3) is 0 Å². The van der Waals surface area contributed by atoms with E-state index in [9.17, 15) is 13.2 Å². The highest BCUT2D eigenvalue weighted by Gasteiger charge is 2.29. The lowest BCUT2D eigenvalue weighted by Gasteiger charge is -2.15. The summed E-state index contributed by atoms with van der Waals surface area (Å²) in [7, 11) is 1.83. The second-order valence-corrected chi connectivity index (χ2v) is 6.70. The van der Waals surface area contributed by atoms with E-state index in [0.717, 1.165) is 27.7 Å². The van der Waals surface area contributed by atoms with E-state index in [0.29, 0.717) is 24.9 Å². The molecule has 26 heavy (non-hydrogen) atoms. The summed E-state index contributed by atoms with van der Waals surface area (Å²) < 4.78 is 44.3. The number of hydrogen-bond donors (Lipinski definition) is 0. The van der Waals surface area contributed by atoms with E-state index in [1.165, 1.54) is 12.1 Å². The van der Waals surface area contributed by atoms with Gasteiger partial charge in [-0.1, -0.05) is 24.3 Å². The molecule has 1 heterocycles. The molecule has 8 heteroatoms. The van der Waals surface area contributed by atoms with E-state index in [1.807, 2.05) is 36.2 Å². The van der Waals surface area contributed by atoms with Gasteiger partial charge >= 0.3 is 6.18 Å². The van der Waals surface area contributed by atoms with Gasteiger partial charge in [0, 0.05) is 11.0 Å². The fraction of sp³-hybridized carbons (Fsp3) is 0.222. The first-order valence-corrected chi connectivity index (χ1v) is 8.54. The van der Waals surface area contributed by atoms with Crippen molar-refractivity contribution in [2.45, 2.75) is 19.3 Å². The summed E-state index contributed by atoms with van der Waals surface area (Å²) >= 11 is 3.44. The first kappa shape index (κ1) is 18.6. The molecule has 0 radical (unpaired) electrons. The van der Waals surface area contributed by atoms with Gasteiger partial charge in [0.05, 0.1) is 17.7 Å². The van der Waals surface area contributed by atoms with Crippen molar-refractivity contribution in [3.63, 3.8) is 0 Å². The minimum Gasteiger partial charge on any atom is -0.419 e. The van der Waals surface area contributed by atoms with Crippen LogP contribution < -0.4 is 0 Å². The van der Waals surface area contributed by atoms with E-state index in [2.05, 4.69) is 26.1 Å². The van der Waals surface area contributed by atoms with E-state index in [1.54, 1.807) is 0 Å². The van der Waals surface area contributed by atoms with E-state index < -0.39 is 11.7 Å². The molecule has 0 aliphatic heterocycles. The monoisotopic (exact) mass is 425 g/mol. The molecule has 0 aliphatic rings. The summed E-state index contributed by atoms with van der Waals surface area (Å²) in [4.78, 5) is 1.89. The lowest BCUT2D eigenvalue weighted by molar-refractivity contribution is -0.137. The SMILES string of the molecule is CN(Cc1ccc(C(F)(F)F)cc1)Cc1nnc(-c2ccccc2Br)o1. The maximum absolute atomic E-state index is 12.6. The third-order valence-electron chi connectivity index (χ3n) is 3.71. The summed E-state index contributed by atoms with van der Waals surface area (Å²) in [5.74, 6) is 0.848. The molecule has 3 rings (SSSR count). The number of aromatic nitrogens is 2. The van der Waals surface area contributed by atoms with Gasteiger partial charge in [0.15, 0.2) is 0 Å². The van der Waals surface area contributed by atoms with Crippen LogP contribution in [0.15, 0.2) is 57.4 Å². The van der Waals surface area contributed by atoms with Crippen molar-refractivity contribution < 1.29 is 17.6 Å². The molecule has 4 nitrogen and oxygen atoms in total. The van der Waals surface area contributed by atoms with Crippen LogP contribution >= 0.6 is 15.9 Å². The predicted octanol–water partition coefficient (Wildman–Crippen LogP) is 5.15. The minimum absolute atomic E-state index is 0.387. The second kappa shape index (κ2) is 7.59. The average Bonchev–Trinajstić information content (AvgIpc) is 3.03. The maximum Gasteiger partial charge on any atom is 0.416 e. The standard InChI is InChI=1S/C18H15BrF3N3O/c1-25(10-12-6-8-13(9-7-12)18(20,21)22)11-16-23-24-17(26-16)14-4-2-3-5-15(14)19/h2-9H,10-11H2,1H3. The molecule has 0 atom stereocenters. The van der Waals surface area contributed by atoms with E-state index >= 15 is 0 Å². The van der Waals surface area contributed by atoms with Crippen molar-refractivity contribution in [2.75, 3.05) is 7.05 Å². The van der Waals surface area contributed by atoms with Crippen LogP contribution in [-0.2, 0) is 19.3 Å². The second-order valence-electron chi connectivity index (χ2n) is 5.85. The van der Waals surface area contributed by atoms with Gasteiger partial charge in [-0.3, -0.25) is 4.90 Å². The highest BCUT2D eigenvalue weighted by Crippen LogP contribution is 2.29. The Bertz CT molecular complexity index is 878. The number of benzene rings is 2. The number of alkyl halides is 3. The Morgan fingerprint density at radius 1 is 1.00 bits per heavy atom. The molecule has 0 saturated carbocycles. The van der Waals surface area contributed by atoms with E-state index in [-0.39, 0.29) is 0 Å². The summed E-state index contributed by atoms with van der Waals surface area (Å²) in [5, 5.41) is 8.08. The zero-order chi connectivity index (χ0) is 18.7.